The fourth-order valence-corrected chi connectivity index (χ4v) is 3.04. The molecule has 1 fully saturated rings. The predicted molar refractivity (Wildman–Crippen MR) is 101 cm³/mol. The molecule has 1 aliphatic heterocycles. The van der Waals surface area contributed by atoms with E-state index in [1.54, 1.807) is 11.8 Å². The van der Waals surface area contributed by atoms with Crippen molar-refractivity contribution in [2.24, 2.45) is 0 Å². The summed E-state index contributed by atoms with van der Waals surface area (Å²) in [4.78, 5) is 28.9. The van der Waals surface area contributed by atoms with Gasteiger partial charge >= 0.3 is 6.09 Å². The van der Waals surface area contributed by atoms with Crippen LogP contribution in [-0.2, 0) is 9.53 Å². The van der Waals surface area contributed by atoms with E-state index < -0.39 is 0 Å². The van der Waals surface area contributed by atoms with Gasteiger partial charge in [0.25, 0.3) is 5.91 Å². The lowest BCUT2D eigenvalue weighted by molar-refractivity contribution is -0.896. The number of benzene rings is 1. The van der Waals surface area contributed by atoms with Gasteiger partial charge in [-0.3, -0.25) is 9.69 Å². The molecule has 0 aromatic heterocycles. The molecule has 1 aromatic carbocycles. The second-order valence-corrected chi connectivity index (χ2v) is 6.57. The Kier molecular flexibility index (Phi) is 8.21. The van der Waals surface area contributed by atoms with Gasteiger partial charge in [0.05, 0.1) is 32.8 Å². The molecule has 26 heavy (non-hydrogen) atoms. The Labute approximate surface area is 155 Å². The van der Waals surface area contributed by atoms with Gasteiger partial charge in [-0.2, -0.15) is 0 Å². The Balaban J connectivity index is 1.57. The zero-order valence-corrected chi connectivity index (χ0v) is 15.9. The van der Waals surface area contributed by atoms with Gasteiger partial charge < -0.3 is 19.9 Å². The third-order valence-corrected chi connectivity index (χ3v) is 4.60. The molecule has 0 atom stereocenters. The van der Waals surface area contributed by atoms with Gasteiger partial charge in [0, 0.05) is 25.8 Å². The van der Waals surface area contributed by atoms with E-state index in [0.717, 1.165) is 26.1 Å². The third kappa shape index (κ3) is 6.55. The molecule has 0 unspecified atom stereocenters. The summed E-state index contributed by atoms with van der Waals surface area (Å²) < 4.78 is 5.01. The molecule has 0 aliphatic carbocycles. The molecule has 144 valence electrons. The van der Waals surface area contributed by atoms with Crippen LogP contribution in [0.3, 0.4) is 0 Å². The molecule has 2 rings (SSSR count). The molecule has 0 spiro atoms. The number of nitrogens with one attached hydrogen (secondary N) is 2. The quantitative estimate of drug-likeness (QED) is 0.638. The fraction of sp³-hybridized carbons (Fsp3) is 0.579. The molecular formula is C19H31N4O3+. The first kappa shape index (κ1) is 20.0. The second-order valence-electron chi connectivity index (χ2n) is 6.57. The molecule has 1 saturated heterocycles. The van der Waals surface area contributed by atoms with Crippen molar-refractivity contribution in [2.45, 2.75) is 13.3 Å². The molecule has 1 aromatic rings. The van der Waals surface area contributed by atoms with Crippen molar-refractivity contribution in [1.82, 2.24) is 10.2 Å². The van der Waals surface area contributed by atoms with Crippen molar-refractivity contribution < 1.29 is 19.2 Å². The van der Waals surface area contributed by atoms with Crippen LogP contribution >= 0.6 is 0 Å². The molecule has 1 heterocycles. The summed E-state index contributed by atoms with van der Waals surface area (Å²) in [7, 11) is 2.06. The molecule has 0 radical (unpaired) electrons. The number of quaternary nitrogens is 1. The minimum absolute atomic E-state index is 0.0759. The van der Waals surface area contributed by atoms with Crippen LogP contribution in [0.5, 0.6) is 0 Å². The third-order valence-electron chi connectivity index (χ3n) is 4.60. The summed E-state index contributed by atoms with van der Waals surface area (Å²) in [6.45, 7) is 7.09. The summed E-state index contributed by atoms with van der Waals surface area (Å²) >= 11 is 0. The molecule has 7 nitrogen and oxygen atoms in total. The van der Waals surface area contributed by atoms with Gasteiger partial charge in [-0.05, 0) is 25.5 Å². The van der Waals surface area contributed by atoms with Crippen molar-refractivity contribution in [3.05, 3.63) is 30.3 Å². The van der Waals surface area contributed by atoms with Crippen molar-refractivity contribution in [3.8, 4) is 0 Å². The minimum Gasteiger partial charge on any atom is -0.450 e. The number of piperazine rings is 1. The highest BCUT2D eigenvalue weighted by Crippen LogP contribution is 2.10. The largest absolute Gasteiger partial charge is 0.450 e. The zero-order valence-electron chi connectivity index (χ0n) is 15.9. The molecule has 7 heteroatoms. The van der Waals surface area contributed by atoms with Gasteiger partial charge in [-0.25, -0.2) is 4.79 Å². The number of carbonyl (C=O) groups is 2. The van der Waals surface area contributed by atoms with Gasteiger partial charge in [0.15, 0.2) is 6.54 Å². The number of carbonyl (C=O) groups excluding carboxylic acids is 2. The number of para-hydroxylation sites is 1. The first-order chi connectivity index (χ1) is 12.6. The molecule has 0 saturated carbocycles. The van der Waals surface area contributed by atoms with Crippen LogP contribution in [0.25, 0.3) is 0 Å². The lowest BCUT2D eigenvalue weighted by atomic mass is 10.3. The number of amides is 2. The number of hydrogen-bond acceptors (Lipinski definition) is 4. The zero-order chi connectivity index (χ0) is 18.8. The van der Waals surface area contributed by atoms with Gasteiger partial charge in [0.2, 0.25) is 0 Å². The Hall–Kier alpha value is -2.28. The van der Waals surface area contributed by atoms with E-state index in [-0.39, 0.29) is 12.0 Å². The summed E-state index contributed by atoms with van der Waals surface area (Å²) in [6, 6.07) is 10.2. The van der Waals surface area contributed by atoms with Crippen molar-refractivity contribution in [3.63, 3.8) is 0 Å². The first-order valence-electron chi connectivity index (χ1n) is 9.38. The highest BCUT2D eigenvalue weighted by atomic mass is 16.6. The number of hydrogen-bond donors (Lipinski definition) is 2. The average Bonchev–Trinajstić information content (AvgIpc) is 2.66. The van der Waals surface area contributed by atoms with E-state index >= 15 is 0 Å². The van der Waals surface area contributed by atoms with E-state index in [2.05, 4.69) is 29.4 Å². The Morgan fingerprint density at radius 2 is 1.92 bits per heavy atom. The van der Waals surface area contributed by atoms with E-state index in [9.17, 15) is 9.59 Å². The van der Waals surface area contributed by atoms with Crippen LogP contribution in [0, 0.1) is 0 Å². The normalized spacial score (nSPS) is 14.8. The SMILES string of the molecule is CCOC(=O)N1CC[NH+](CC(=O)NCCCN(C)c2ccccc2)CC1. The highest BCUT2D eigenvalue weighted by Gasteiger charge is 2.25. The maximum atomic E-state index is 12.1. The number of nitrogens with zero attached hydrogens (tertiary/aromatic N) is 2. The van der Waals surface area contributed by atoms with Crippen LogP contribution in [0.1, 0.15) is 13.3 Å². The topological polar surface area (TPSA) is 66.3 Å². The predicted octanol–water partition coefficient (Wildman–Crippen LogP) is -0.0139. The minimum atomic E-state index is -0.251. The molecule has 1 aliphatic rings. The highest BCUT2D eigenvalue weighted by molar-refractivity contribution is 5.76. The standard InChI is InChI=1S/C19H30N4O3/c1-3-26-19(25)23-14-12-22(13-15-23)16-18(24)20-10-7-11-21(2)17-8-5-4-6-9-17/h4-6,8-9H,3,7,10-16H2,1-2H3,(H,20,24)/p+1. The number of rotatable bonds is 8. The Morgan fingerprint density at radius 1 is 1.23 bits per heavy atom. The molecule has 2 amide bonds. The maximum absolute atomic E-state index is 12.1. The van der Waals surface area contributed by atoms with Crippen molar-refractivity contribution in [1.29, 1.82) is 0 Å². The van der Waals surface area contributed by atoms with Crippen LogP contribution in [-0.4, -0.2) is 76.4 Å². The van der Waals surface area contributed by atoms with E-state index in [0.29, 0.717) is 32.8 Å². The average molecular weight is 363 g/mol. The van der Waals surface area contributed by atoms with Gasteiger partial charge in [-0.1, -0.05) is 18.2 Å². The second kappa shape index (κ2) is 10.7. The van der Waals surface area contributed by atoms with E-state index in [1.165, 1.54) is 10.6 Å². The van der Waals surface area contributed by atoms with Gasteiger partial charge in [-0.15, -0.1) is 0 Å². The van der Waals surface area contributed by atoms with Crippen molar-refractivity contribution in [2.75, 3.05) is 64.4 Å². The lowest BCUT2D eigenvalue weighted by Crippen LogP contribution is -3.15. The van der Waals surface area contributed by atoms with Crippen molar-refractivity contribution >= 4 is 17.7 Å². The van der Waals surface area contributed by atoms with Crippen LogP contribution in [0.4, 0.5) is 10.5 Å². The van der Waals surface area contributed by atoms with Gasteiger partial charge in [0.1, 0.15) is 0 Å². The Morgan fingerprint density at radius 3 is 2.58 bits per heavy atom. The summed E-state index contributed by atoms with van der Waals surface area (Å²) in [5.74, 6) is 0.0759. The van der Waals surface area contributed by atoms with E-state index in [1.807, 2.05) is 18.2 Å². The van der Waals surface area contributed by atoms with E-state index in [4.69, 9.17) is 4.74 Å². The smallest absolute Gasteiger partial charge is 0.410 e. The molecular weight excluding hydrogens is 332 g/mol. The molecule has 2 N–H and O–H groups in total. The Bertz CT molecular complexity index is 559. The van der Waals surface area contributed by atoms with Crippen LogP contribution in [0.2, 0.25) is 0 Å². The lowest BCUT2D eigenvalue weighted by Gasteiger charge is -2.31. The maximum Gasteiger partial charge on any atom is 0.410 e. The fourth-order valence-electron chi connectivity index (χ4n) is 3.04. The van der Waals surface area contributed by atoms with Crippen LogP contribution in [0.15, 0.2) is 30.3 Å². The molecule has 0 bridgehead atoms. The number of ether oxygens (including phenoxy) is 1. The van der Waals surface area contributed by atoms with Crippen LogP contribution < -0.4 is 15.1 Å². The summed E-state index contributed by atoms with van der Waals surface area (Å²) in [5.41, 5.74) is 1.18. The number of anilines is 1. The monoisotopic (exact) mass is 363 g/mol. The first-order valence-corrected chi connectivity index (χ1v) is 9.38. The summed E-state index contributed by atoms with van der Waals surface area (Å²) in [6.07, 6.45) is 0.655. The summed E-state index contributed by atoms with van der Waals surface area (Å²) in [5, 5.41) is 3.00.